The molecule has 1 aliphatic carbocycles. The lowest BCUT2D eigenvalue weighted by Crippen LogP contribution is -2.20. The normalized spacial score (nSPS) is 20.7. The highest BCUT2D eigenvalue weighted by atomic mass is 16.5. The van der Waals surface area contributed by atoms with E-state index in [0.29, 0.717) is 12.0 Å². The second-order valence-electron chi connectivity index (χ2n) is 6.77. The van der Waals surface area contributed by atoms with Crippen molar-refractivity contribution in [2.24, 2.45) is 11.7 Å². The van der Waals surface area contributed by atoms with E-state index in [1.54, 1.807) is 0 Å². The largest absolute Gasteiger partial charge is 0.491 e. The maximum absolute atomic E-state index is 5.84. The van der Waals surface area contributed by atoms with Crippen molar-refractivity contribution in [3.8, 4) is 0 Å². The standard InChI is InChI=1S/C14H18O.C7H17N/c1-10(2)15-14-11(3)8-9-12-6-4-5-7-13(12)14;1-3-5-6-7(8)4-2/h4-7,11,14H,1,8-9H2,2-3H3;7H,3-6,8H2,1-2H3/t11?,14-;/m1./s1. The van der Waals surface area contributed by atoms with Gasteiger partial charge in [-0.2, -0.15) is 0 Å². The van der Waals surface area contributed by atoms with Crippen molar-refractivity contribution in [3.63, 3.8) is 0 Å². The van der Waals surface area contributed by atoms with Crippen LogP contribution in [-0.2, 0) is 11.2 Å². The summed E-state index contributed by atoms with van der Waals surface area (Å²) in [5, 5.41) is 0. The van der Waals surface area contributed by atoms with E-state index in [2.05, 4.69) is 51.6 Å². The molecule has 1 aromatic carbocycles. The molecule has 2 N–H and O–H groups in total. The molecule has 0 amide bonds. The second kappa shape index (κ2) is 10.5. The van der Waals surface area contributed by atoms with Gasteiger partial charge in [-0.15, -0.1) is 0 Å². The molecule has 2 heteroatoms. The van der Waals surface area contributed by atoms with Crippen molar-refractivity contribution >= 4 is 0 Å². The van der Waals surface area contributed by atoms with Crippen LogP contribution < -0.4 is 5.73 Å². The SMILES string of the molecule is C=C(C)O[C@H]1c2ccccc2CCC1C.CCCCC(N)CC. The predicted octanol–water partition coefficient (Wildman–Crippen LogP) is 5.77. The zero-order valence-electron chi connectivity index (χ0n) is 15.5. The summed E-state index contributed by atoms with van der Waals surface area (Å²) in [6, 6.07) is 9.03. The van der Waals surface area contributed by atoms with Gasteiger partial charge in [-0.05, 0) is 49.7 Å². The molecule has 1 aliphatic rings. The first-order valence-electron chi connectivity index (χ1n) is 9.15. The van der Waals surface area contributed by atoms with Gasteiger partial charge in [-0.1, -0.05) is 64.5 Å². The van der Waals surface area contributed by atoms with Crippen molar-refractivity contribution in [2.45, 2.75) is 78.4 Å². The Morgan fingerprint density at radius 3 is 2.65 bits per heavy atom. The molecule has 2 unspecified atom stereocenters. The summed E-state index contributed by atoms with van der Waals surface area (Å²) < 4.78 is 5.84. The van der Waals surface area contributed by atoms with Gasteiger partial charge in [0, 0.05) is 6.04 Å². The molecule has 0 radical (unpaired) electrons. The van der Waals surface area contributed by atoms with Crippen LogP contribution in [0, 0.1) is 5.92 Å². The van der Waals surface area contributed by atoms with Gasteiger partial charge in [0.1, 0.15) is 6.10 Å². The zero-order valence-corrected chi connectivity index (χ0v) is 15.5. The summed E-state index contributed by atoms with van der Waals surface area (Å²) >= 11 is 0. The maximum Gasteiger partial charge on any atom is 0.126 e. The monoisotopic (exact) mass is 317 g/mol. The maximum atomic E-state index is 5.84. The quantitative estimate of drug-likeness (QED) is 0.675. The van der Waals surface area contributed by atoms with Crippen LogP contribution >= 0.6 is 0 Å². The van der Waals surface area contributed by atoms with Crippen molar-refractivity contribution < 1.29 is 4.74 Å². The van der Waals surface area contributed by atoms with Crippen LogP contribution in [0.3, 0.4) is 0 Å². The van der Waals surface area contributed by atoms with Crippen LogP contribution in [0.15, 0.2) is 36.6 Å². The van der Waals surface area contributed by atoms with E-state index in [9.17, 15) is 0 Å². The highest BCUT2D eigenvalue weighted by Gasteiger charge is 2.27. The van der Waals surface area contributed by atoms with Crippen molar-refractivity contribution in [2.75, 3.05) is 0 Å². The fraction of sp³-hybridized carbons (Fsp3) is 0.619. The fourth-order valence-corrected chi connectivity index (χ4v) is 2.95. The predicted molar refractivity (Wildman–Crippen MR) is 100 cm³/mol. The Labute approximate surface area is 143 Å². The summed E-state index contributed by atoms with van der Waals surface area (Å²) in [7, 11) is 0. The van der Waals surface area contributed by atoms with Crippen LogP contribution in [0.2, 0.25) is 0 Å². The summed E-state index contributed by atoms with van der Waals surface area (Å²) in [6.45, 7) is 12.3. The molecule has 23 heavy (non-hydrogen) atoms. The van der Waals surface area contributed by atoms with Gasteiger partial charge >= 0.3 is 0 Å². The Balaban J connectivity index is 0.000000284. The third-order valence-electron chi connectivity index (χ3n) is 4.53. The number of benzene rings is 1. The number of hydrogen-bond acceptors (Lipinski definition) is 2. The molecular formula is C21H35NO. The molecule has 3 atom stereocenters. The van der Waals surface area contributed by atoms with Crippen LogP contribution in [0.1, 0.15) is 77.0 Å². The minimum Gasteiger partial charge on any atom is -0.491 e. The minimum absolute atomic E-state index is 0.201. The summed E-state index contributed by atoms with van der Waals surface area (Å²) in [4.78, 5) is 0. The molecule has 0 saturated carbocycles. The number of hydrogen-bond donors (Lipinski definition) is 1. The second-order valence-corrected chi connectivity index (χ2v) is 6.77. The van der Waals surface area contributed by atoms with E-state index < -0.39 is 0 Å². The third-order valence-corrected chi connectivity index (χ3v) is 4.53. The van der Waals surface area contributed by atoms with Crippen molar-refractivity contribution in [1.29, 1.82) is 0 Å². The highest BCUT2D eigenvalue weighted by Crippen LogP contribution is 2.37. The number of unbranched alkanes of at least 4 members (excludes halogenated alkanes) is 1. The first-order chi connectivity index (χ1) is 11.0. The van der Waals surface area contributed by atoms with E-state index in [0.717, 1.165) is 12.2 Å². The molecule has 1 aromatic rings. The molecule has 0 saturated heterocycles. The van der Waals surface area contributed by atoms with Crippen LogP contribution in [-0.4, -0.2) is 6.04 Å². The zero-order chi connectivity index (χ0) is 17.2. The molecule has 2 nitrogen and oxygen atoms in total. The Bertz CT molecular complexity index is 469. The molecule has 130 valence electrons. The number of rotatable bonds is 6. The van der Waals surface area contributed by atoms with Crippen molar-refractivity contribution in [3.05, 3.63) is 47.7 Å². The number of allylic oxidation sites excluding steroid dienone is 1. The molecule has 0 aromatic heterocycles. The van der Waals surface area contributed by atoms with Gasteiger partial charge < -0.3 is 10.5 Å². The first-order valence-corrected chi connectivity index (χ1v) is 9.15. The average Bonchev–Trinajstić information content (AvgIpc) is 2.55. The lowest BCUT2D eigenvalue weighted by Gasteiger charge is -2.31. The van der Waals surface area contributed by atoms with Gasteiger partial charge in [-0.25, -0.2) is 0 Å². The Morgan fingerprint density at radius 1 is 1.35 bits per heavy atom. The van der Waals surface area contributed by atoms with E-state index in [4.69, 9.17) is 10.5 Å². The van der Waals surface area contributed by atoms with Gasteiger partial charge in [0.05, 0.1) is 5.76 Å². The first kappa shape index (κ1) is 19.8. The van der Waals surface area contributed by atoms with E-state index >= 15 is 0 Å². The average molecular weight is 318 g/mol. The van der Waals surface area contributed by atoms with Gasteiger partial charge in [0.15, 0.2) is 0 Å². The number of aryl methyl sites for hydroxylation is 1. The summed E-state index contributed by atoms with van der Waals surface area (Å²) in [5.41, 5.74) is 8.44. The van der Waals surface area contributed by atoms with E-state index in [1.165, 1.54) is 43.2 Å². The Morgan fingerprint density at radius 2 is 2.04 bits per heavy atom. The van der Waals surface area contributed by atoms with Gasteiger partial charge in [0.2, 0.25) is 0 Å². The smallest absolute Gasteiger partial charge is 0.126 e. The van der Waals surface area contributed by atoms with Gasteiger partial charge in [0.25, 0.3) is 0 Å². The Kier molecular flexibility index (Phi) is 9.01. The van der Waals surface area contributed by atoms with Crippen LogP contribution in [0.4, 0.5) is 0 Å². The van der Waals surface area contributed by atoms with Crippen molar-refractivity contribution in [1.82, 2.24) is 0 Å². The lowest BCUT2D eigenvalue weighted by atomic mass is 9.82. The van der Waals surface area contributed by atoms with E-state index in [-0.39, 0.29) is 6.10 Å². The molecular weight excluding hydrogens is 282 g/mol. The molecule has 0 aliphatic heterocycles. The van der Waals surface area contributed by atoms with Crippen LogP contribution in [0.25, 0.3) is 0 Å². The molecule has 0 bridgehead atoms. The van der Waals surface area contributed by atoms with Gasteiger partial charge in [-0.3, -0.25) is 0 Å². The third kappa shape index (κ3) is 6.78. The summed E-state index contributed by atoms with van der Waals surface area (Å²) in [6.07, 6.45) is 7.46. The molecule has 2 rings (SSSR count). The molecule has 0 fully saturated rings. The molecule has 0 spiro atoms. The van der Waals surface area contributed by atoms with E-state index in [1.807, 2.05) is 6.92 Å². The summed E-state index contributed by atoms with van der Waals surface area (Å²) in [5.74, 6) is 1.39. The number of ether oxygens (including phenoxy) is 1. The number of nitrogens with two attached hydrogens (primary N) is 1. The molecule has 0 heterocycles. The highest BCUT2D eigenvalue weighted by molar-refractivity contribution is 5.32. The topological polar surface area (TPSA) is 35.2 Å². The minimum atomic E-state index is 0.201. The number of fused-ring (bicyclic) bond motifs is 1. The fourth-order valence-electron chi connectivity index (χ4n) is 2.95. The lowest BCUT2D eigenvalue weighted by molar-refractivity contribution is 0.0612. The Hall–Kier alpha value is -1.28. The van der Waals surface area contributed by atoms with Crippen LogP contribution in [0.5, 0.6) is 0 Å².